The molecule has 78 valence electrons. The fraction of sp³-hybridized carbons (Fsp3) is 0.182. The number of nitrogens with zero attached hydrogens (tertiary/aromatic N) is 1. The van der Waals surface area contributed by atoms with Crippen LogP contribution in [-0.4, -0.2) is 9.97 Å². The Hall–Kier alpha value is -1.48. The first-order valence-corrected chi connectivity index (χ1v) is 5.01. The molecule has 3 nitrogen and oxygen atoms in total. The molecule has 0 radical (unpaired) electrons. The Labute approximate surface area is 93.1 Å². The molecule has 0 unspecified atom stereocenters. The molecule has 0 atom stereocenters. The van der Waals surface area contributed by atoms with Crippen molar-refractivity contribution >= 4 is 11.6 Å². The molecule has 1 aromatic carbocycles. The number of aromatic amines is 1. The molecule has 15 heavy (non-hydrogen) atoms. The SMILES string of the molecule is Cc1cnc(COc2cccc(Cl)c2)[nH]1. The first-order valence-electron chi connectivity index (χ1n) is 4.63. The summed E-state index contributed by atoms with van der Waals surface area (Å²) < 4.78 is 5.51. The number of benzene rings is 1. The van der Waals surface area contributed by atoms with Crippen LogP contribution in [0.25, 0.3) is 0 Å². The number of nitrogens with one attached hydrogen (secondary N) is 1. The van der Waals surface area contributed by atoms with E-state index in [4.69, 9.17) is 16.3 Å². The van der Waals surface area contributed by atoms with E-state index >= 15 is 0 Å². The highest BCUT2D eigenvalue weighted by atomic mass is 35.5. The fourth-order valence-electron chi connectivity index (χ4n) is 1.25. The summed E-state index contributed by atoms with van der Waals surface area (Å²) in [5.41, 5.74) is 1.03. The topological polar surface area (TPSA) is 37.9 Å². The number of aromatic nitrogens is 2. The van der Waals surface area contributed by atoms with Gasteiger partial charge in [0.1, 0.15) is 18.2 Å². The lowest BCUT2D eigenvalue weighted by molar-refractivity contribution is 0.297. The molecule has 4 heteroatoms. The van der Waals surface area contributed by atoms with Crippen LogP contribution in [0.4, 0.5) is 0 Å². The highest BCUT2D eigenvalue weighted by Crippen LogP contribution is 2.17. The van der Waals surface area contributed by atoms with Gasteiger partial charge >= 0.3 is 0 Å². The largest absolute Gasteiger partial charge is 0.486 e. The zero-order valence-electron chi connectivity index (χ0n) is 8.33. The van der Waals surface area contributed by atoms with Gasteiger partial charge in [0.2, 0.25) is 0 Å². The molecule has 0 amide bonds. The number of rotatable bonds is 3. The third-order valence-corrected chi connectivity index (χ3v) is 2.16. The maximum absolute atomic E-state index is 5.83. The molecule has 0 aliphatic rings. The average Bonchev–Trinajstić information content (AvgIpc) is 2.62. The van der Waals surface area contributed by atoms with Gasteiger partial charge in [-0.15, -0.1) is 0 Å². The predicted molar refractivity (Wildman–Crippen MR) is 59.1 cm³/mol. The lowest BCUT2D eigenvalue weighted by Crippen LogP contribution is -1.97. The molecule has 2 rings (SSSR count). The van der Waals surface area contributed by atoms with Crippen LogP contribution in [0.1, 0.15) is 11.5 Å². The maximum Gasteiger partial charge on any atom is 0.146 e. The molecule has 0 spiro atoms. The molecule has 0 bridgehead atoms. The number of ether oxygens (including phenoxy) is 1. The number of hydrogen-bond donors (Lipinski definition) is 1. The smallest absolute Gasteiger partial charge is 0.146 e. The second kappa shape index (κ2) is 4.36. The van der Waals surface area contributed by atoms with Gasteiger partial charge in [0.15, 0.2) is 0 Å². The van der Waals surface area contributed by atoms with E-state index in [2.05, 4.69) is 9.97 Å². The van der Waals surface area contributed by atoms with Crippen LogP contribution < -0.4 is 4.74 Å². The normalized spacial score (nSPS) is 10.3. The summed E-state index contributed by atoms with van der Waals surface area (Å²) in [5.74, 6) is 1.56. The van der Waals surface area contributed by atoms with Crippen molar-refractivity contribution in [1.29, 1.82) is 0 Å². The second-order valence-electron chi connectivity index (χ2n) is 3.26. The predicted octanol–water partition coefficient (Wildman–Crippen LogP) is 2.95. The summed E-state index contributed by atoms with van der Waals surface area (Å²) in [7, 11) is 0. The average molecular weight is 223 g/mol. The van der Waals surface area contributed by atoms with Gasteiger partial charge in [-0.2, -0.15) is 0 Å². The van der Waals surface area contributed by atoms with Crippen LogP contribution in [0.2, 0.25) is 5.02 Å². The van der Waals surface area contributed by atoms with Gasteiger partial charge < -0.3 is 9.72 Å². The first kappa shape index (κ1) is 10.1. The summed E-state index contributed by atoms with van der Waals surface area (Å²) in [6, 6.07) is 7.30. The van der Waals surface area contributed by atoms with Gasteiger partial charge in [0.05, 0.1) is 0 Å². The minimum atomic E-state index is 0.425. The van der Waals surface area contributed by atoms with Crippen LogP contribution in [0.15, 0.2) is 30.5 Å². The highest BCUT2D eigenvalue weighted by Gasteiger charge is 1.99. The van der Waals surface area contributed by atoms with E-state index in [-0.39, 0.29) is 0 Å². The molecule has 1 heterocycles. The molecule has 0 saturated heterocycles. The van der Waals surface area contributed by atoms with E-state index in [1.165, 1.54) is 0 Å². The van der Waals surface area contributed by atoms with Gasteiger partial charge in [-0.1, -0.05) is 17.7 Å². The van der Waals surface area contributed by atoms with Crippen molar-refractivity contribution in [3.05, 3.63) is 47.0 Å². The molecular formula is C11H11ClN2O. The molecule has 2 aromatic rings. The van der Waals surface area contributed by atoms with Gasteiger partial charge in [-0.25, -0.2) is 4.98 Å². The van der Waals surface area contributed by atoms with Crippen molar-refractivity contribution < 1.29 is 4.74 Å². The molecule has 0 saturated carbocycles. The fourth-order valence-corrected chi connectivity index (χ4v) is 1.43. The minimum absolute atomic E-state index is 0.425. The number of aryl methyl sites for hydroxylation is 1. The van der Waals surface area contributed by atoms with E-state index in [1.54, 1.807) is 12.3 Å². The molecule has 0 aliphatic heterocycles. The van der Waals surface area contributed by atoms with Crippen LogP contribution in [0.5, 0.6) is 5.75 Å². The van der Waals surface area contributed by atoms with Gasteiger partial charge in [-0.3, -0.25) is 0 Å². The molecule has 1 aromatic heterocycles. The van der Waals surface area contributed by atoms with Crippen molar-refractivity contribution in [1.82, 2.24) is 9.97 Å². The van der Waals surface area contributed by atoms with Crippen molar-refractivity contribution in [3.63, 3.8) is 0 Å². The second-order valence-corrected chi connectivity index (χ2v) is 3.70. The number of halogens is 1. The minimum Gasteiger partial charge on any atom is -0.486 e. The Morgan fingerprint density at radius 2 is 2.33 bits per heavy atom. The summed E-state index contributed by atoms with van der Waals surface area (Å²) in [6.07, 6.45) is 1.77. The summed E-state index contributed by atoms with van der Waals surface area (Å²) in [4.78, 5) is 7.23. The van der Waals surface area contributed by atoms with Crippen LogP contribution in [0, 0.1) is 6.92 Å². The molecule has 0 aliphatic carbocycles. The zero-order valence-corrected chi connectivity index (χ0v) is 9.08. The number of H-pyrrole nitrogens is 1. The van der Waals surface area contributed by atoms with Crippen LogP contribution >= 0.6 is 11.6 Å². The van der Waals surface area contributed by atoms with E-state index in [0.717, 1.165) is 17.3 Å². The van der Waals surface area contributed by atoms with Crippen molar-refractivity contribution in [2.45, 2.75) is 13.5 Å². The van der Waals surface area contributed by atoms with E-state index in [1.807, 2.05) is 25.1 Å². The quantitative estimate of drug-likeness (QED) is 0.867. The Morgan fingerprint density at radius 1 is 1.47 bits per heavy atom. The van der Waals surface area contributed by atoms with E-state index in [0.29, 0.717) is 11.6 Å². The molecule has 0 fully saturated rings. The van der Waals surface area contributed by atoms with Crippen LogP contribution in [-0.2, 0) is 6.61 Å². The van der Waals surface area contributed by atoms with Crippen LogP contribution in [0.3, 0.4) is 0 Å². The van der Waals surface area contributed by atoms with E-state index in [9.17, 15) is 0 Å². The van der Waals surface area contributed by atoms with Crippen molar-refractivity contribution in [2.75, 3.05) is 0 Å². The Bertz CT molecular complexity index is 453. The molecular weight excluding hydrogens is 212 g/mol. The standard InChI is InChI=1S/C11H11ClN2O/c1-8-6-13-11(14-8)7-15-10-4-2-3-9(12)5-10/h2-6H,7H2,1H3,(H,13,14). The third-order valence-electron chi connectivity index (χ3n) is 1.93. The highest BCUT2D eigenvalue weighted by molar-refractivity contribution is 6.30. The van der Waals surface area contributed by atoms with Gasteiger partial charge in [0.25, 0.3) is 0 Å². The zero-order chi connectivity index (χ0) is 10.7. The Balaban J connectivity index is 1.99. The first-order chi connectivity index (χ1) is 7.24. The lowest BCUT2D eigenvalue weighted by Gasteiger charge is -2.03. The van der Waals surface area contributed by atoms with E-state index < -0.39 is 0 Å². The third kappa shape index (κ3) is 2.73. The van der Waals surface area contributed by atoms with Crippen molar-refractivity contribution in [3.8, 4) is 5.75 Å². The summed E-state index contributed by atoms with van der Waals surface area (Å²) in [6.45, 7) is 2.38. The van der Waals surface area contributed by atoms with Crippen molar-refractivity contribution in [2.24, 2.45) is 0 Å². The monoisotopic (exact) mass is 222 g/mol. The summed E-state index contributed by atoms with van der Waals surface area (Å²) in [5, 5.41) is 0.670. The summed E-state index contributed by atoms with van der Waals surface area (Å²) >= 11 is 5.83. The molecule has 1 N–H and O–H groups in total. The lowest BCUT2D eigenvalue weighted by atomic mass is 10.3. The Morgan fingerprint density at radius 3 is 3.00 bits per heavy atom. The van der Waals surface area contributed by atoms with Gasteiger partial charge in [0, 0.05) is 16.9 Å². The number of imidazole rings is 1. The van der Waals surface area contributed by atoms with Gasteiger partial charge in [-0.05, 0) is 25.1 Å². The maximum atomic E-state index is 5.83. The Kier molecular flexibility index (Phi) is 2.92. The number of hydrogen-bond acceptors (Lipinski definition) is 2.